The van der Waals surface area contributed by atoms with E-state index in [2.05, 4.69) is 27.7 Å². The minimum Gasteiger partial charge on any atom is -0.411 e. The van der Waals surface area contributed by atoms with E-state index in [0.29, 0.717) is 5.71 Å². The van der Waals surface area contributed by atoms with E-state index >= 15 is 0 Å². The molecule has 0 rings (SSSR count). The summed E-state index contributed by atoms with van der Waals surface area (Å²) < 4.78 is 1.83. The summed E-state index contributed by atoms with van der Waals surface area (Å²) in [7, 11) is 0. The van der Waals surface area contributed by atoms with Crippen LogP contribution >= 0.6 is 22.6 Å². The van der Waals surface area contributed by atoms with E-state index in [4.69, 9.17) is 5.21 Å². The fourth-order valence-electron chi connectivity index (χ4n) is 0.493. The summed E-state index contributed by atoms with van der Waals surface area (Å²) in [4.78, 5) is 0. The third kappa shape index (κ3) is 3.20. The number of oxime groups is 1. The molecule has 0 unspecified atom stereocenters. The number of rotatable bonds is 1. The van der Waals surface area contributed by atoms with E-state index < -0.39 is 0 Å². The van der Waals surface area contributed by atoms with E-state index in [9.17, 15) is 0 Å². The van der Waals surface area contributed by atoms with E-state index in [1.807, 2.05) is 24.9 Å². The molecular weight excluding hydrogens is 241 g/mol. The van der Waals surface area contributed by atoms with Crippen LogP contribution in [0.3, 0.4) is 0 Å². The van der Waals surface area contributed by atoms with Gasteiger partial charge in [0.15, 0.2) is 0 Å². The Bertz CT molecular complexity index is 155. The second-order valence-corrected chi connectivity index (χ2v) is 3.75. The molecule has 0 aromatic carbocycles. The van der Waals surface area contributed by atoms with Gasteiger partial charge >= 0.3 is 0 Å². The Balaban J connectivity index is 4.39. The van der Waals surface area contributed by atoms with Gasteiger partial charge in [0.25, 0.3) is 0 Å². The summed E-state index contributed by atoms with van der Waals surface area (Å²) in [5.41, 5.74) is 0.623. The molecule has 0 aliphatic carbocycles. The first-order valence-electron chi connectivity index (χ1n) is 3.01. The smallest absolute Gasteiger partial charge is 0.0853 e. The molecular formula is C7H12INO. The molecule has 0 amide bonds. The van der Waals surface area contributed by atoms with E-state index in [1.54, 1.807) is 6.08 Å². The van der Waals surface area contributed by atoms with Gasteiger partial charge in [0.1, 0.15) is 0 Å². The first-order chi connectivity index (χ1) is 4.52. The van der Waals surface area contributed by atoms with Crippen LogP contribution in [-0.4, -0.2) is 10.9 Å². The fourth-order valence-corrected chi connectivity index (χ4v) is 0.834. The van der Waals surface area contributed by atoms with Gasteiger partial charge in [0.05, 0.1) is 5.71 Å². The van der Waals surface area contributed by atoms with Crippen molar-refractivity contribution in [1.29, 1.82) is 0 Å². The van der Waals surface area contributed by atoms with Gasteiger partial charge in [0, 0.05) is 5.41 Å². The molecule has 10 heavy (non-hydrogen) atoms. The highest BCUT2D eigenvalue weighted by atomic mass is 127. The lowest BCUT2D eigenvalue weighted by atomic mass is 9.90. The first kappa shape index (κ1) is 9.94. The number of hydrogen-bond acceptors (Lipinski definition) is 2. The van der Waals surface area contributed by atoms with Crippen LogP contribution in [0.5, 0.6) is 0 Å². The summed E-state index contributed by atoms with van der Waals surface area (Å²) in [6, 6.07) is 0. The molecule has 0 spiro atoms. The summed E-state index contributed by atoms with van der Waals surface area (Å²) in [6.45, 7) is 6.00. The standard InChI is InChI=1S/C7H12INO/c1-7(2,3)6(9-10)4-5-8/h4-5,10H,1-3H3/b5-4-,9-6+. The maximum absolute atomic E-state index is 8.53. The second-order valence-electron chi connectivity index (χ2n) is 3.03. The first-order valence-corrected chi connectivity index (χ1v) is 4.26. The Morgan fingerprint density at radius 3 is 2.10 bits per heavy atom. The van der Waals surface area contributed by atoms with Gasteiger partial charge in [-0.05, 0) is 10.2 Å². The predicted octanol–water partition coefficient (Wildman–Crippen LogP) is 2.81. The van der Waals surface area contributed by atoms with Gasteiger partial charge in [-0.3, -0.25) is 0 Å². The molecule has 58 valence electrons. The highest BCUT2D eigenvalue weighted by Gasteiger charge is 2.16. The topological polar surface area (TPSA) is 32.6 Å². The third-order valence-corrected chi connectivity index (χ3v) is 1.46. The SMILES string of the molecule is CC(C)(C)C(/C=C\I)=N/O. The van der Waals surface area contributed by atoms with E-state index in [0.717, 1.165) is 0 Å². The van der Waals surface area contributed by atoms with Crippen molar-refractivity contribution in [3.63, 3.8) is 0 Å². The molecule has 0 fully saturated rings. The van der Waals surface area contributed by atoms with Gasteiger partial charge in [0.2, 0.25) is 0 Å². The molecule has 0 saturated heterocycles. The Hall–Kier alpha value is -0.0600. The van der Waals surface area contributed by atoms with Crippen LogP contribution in [0.15, 0.2) is 15.3 Å². The lowest BCUT2D eigenvalue weighted by Gasteiger charge is -2.15. The largest absolute Gasteiger partial charge is 0.411 e. The van der Waals surface area contributed by atoms with Crippen LogP contribution in [0.1, 0.15) is 20.8 Å². The fraction of sp³-hybridized carbons (Fsp3) is 0.571. The van der Waals surface area contributed by atoms with Crippen molar-refractivity contribution >= 4 is 28.3 Å². The highest BCUT2D eigenvalue weighted by Crippen LogP contribution is 2.16. The summed E-state index contributed by atoms with van der Waals surface area (Å²) in [6.07, 6.45) is 1.79. The van der Waals surface area contributed by atoms with Crippen molar-refractivity contribution in [1.82, 2.24) is 0 Å². The van der Waals surface area contributed by atoms with Crippen LogP contribution in [0.2, 0.25) is 0 Å². The molecule has 0 aromatic heterocycles. The number of halogens is 1. The molecule has 2 nitrogen and oxygen atoms in total. The molecule has 0 aliphatic rings. The summed E-state index contributed by atoms with van der Waals surface area (Å²) in [5.74, 6) is 0. The van der Waals surface area contributed by atoms with Crippen LogP contribution in [0.25, 0.3) is 0 Å². The Kier molecular flexibility index (Phi) is 3.93. The van der Waals surface area contributed by atoms with Crippen LogP contribution < -0.4 is 0 Å². The predicted molar refractivity (Wildman–Crippen MR) is 51.8 cm³/mol. The minimum atomic E-state index is -0.0730. The van der Waals surface area contributed by atoms with Gasteiger partial charge in [-0.1, -0.05) is 48.5 Å². The van der Waals surface area contributed by atoms with Crippen molar-refractivity contribution in [2.24, 2.45) is 10.6 Å². The van der Waals surface area contributed by atoms with Gasteiger partial charge < -0.3 is 5.21 Å². The summed E-state index contributed by atoms with van der Waals surface area (Å²) >= 11 is 2.09. The quantitative estimate of drug-likeness (QED) is 0.331. The number of allylic oxidation sites excluding steroid dienone is 1. The highest BCUT2D eigenvalue weighted by molar-refractivity contribution is 14.1. The third-order valence-electron chi connectivity index (χ3n) is 1.10. The molecule has 0 aromatic rings. The maximum atomic E-state index is 8.53. The lowest BCUT2D eigenvalue weighted by molar-refractivity contribution is 0.312. The van der Waals surface area contributed by atoms with Crippen molar-refractivity contribution in [3.05, 3.63) is 10.2 Å². The average Bonchev–Trinajstić information content (AvgIpc) is 1.80. The van der Waals surface area contributed by atoms with Crippen molar-refractivity contribution < 1.29 is 5.21 Å². The molecule has 0 heterocycles. The summed E-state index contributed by atoms with van der Waals surface area (Å²) in [5, 5.41) is 11.7. The van der Waals surface area contributed by atoms with Crippen molar-refractivity contribution in [2.75, 3.05) is 0 Å². The average molecular weight is 253 g/mol. The van der Waals surface area contributed by atoms with E-state index in [-0.39, 0.29) is 5.41 Å². The van der Waals surface area contributed by atoms with Gasteiger partial charge in [-0.25, -0.2) is 0 Å². The molecule has 0 saturated carbocycles. The Labute approximate surface area is 75.1 Å². The lowest BCUT2D eigenvalue weighted by Crippen LogP contribution is -2.17. The normalized spacial score (nSPS) is 14.6. The van der Waals surface area contributed by atoms with Crippen molar-refractivity contribution in [3.8, 4) is 0 Å². The minimum absolute atomic E-state index is 0.0730. The zero-order valence-electron chi connectivity index (χ0n) is 6.43. The zero-order chi connectivity index (χ0) is 8.20. The molecule has 1 N–H and O–H groups in total. The molecule has 0 atom stereocenters. The zero-order valence-corrected chi connectivity index (χ0v) is 8.58. The maximum Gasteiger partial charge on any atom is 0.0853 e. The van der Waals surface area contributed by atoms with Gasteiger partial charge in [-0.2, -0.15) is 0 Å². The molecule has 0 bridgehead atoms. The van der Waals surface area contributed by atoms with Gasteiger partial charge in [-0.15, -0.1) is 0 Å². The second kappa shape index (κ2) is 3.95. The molecule has 3 heteroatoms. The van der Waals surface area contributed by atoms with Crippen LogP contribution in [0.4, 0.5) is 0 Å². The Morgan fingerprint density at radius 2 is 2.00 bits per heavy atom. The van der Waals surface area contributed by atoms with Crippen LogP contribution in [-0.2, 0) is 0 Å². The molecule has 0 aliphatic heterocycles. The molecule has 0 radical (unpaired) electrons. The van der Waals surface area contributed by atoms with Crippen LogP contribution in [0, 0.1) is 5.41 Å². The Morgan fingerprint density at radius 1 is 1.50 bits per heavy atom. The van der Waals surface area contributed by atoms with E-state index in [1.165, 1.54) is 0 Å². The monoisotopic (exact) mass is 253 g/mol. The number of nitrogens with zero attached hydrogens (tertiary/aromatic N) is 1. The number of hydrogen-bond donors (Lipinski definition) is 1. The van der Waals surface area contributed by atoms with Crippen molar-refractivity contribution in [2.45, 2.75) is 20.8 Å².